The molecule has 0 fully saturated rings. The summed E-state index contributed by atoms with van der Waals surface area (Å²) in [5.74, 6) is 0.916. The van der Waals surface area contributed by atoms with Gasteiger partial charge in [-0.3, -0.25) is 4.79 Å². The molecular weight excluding hydrogens is 310 g/mol. The minimum absolute atomic E-state index is 0.262. The highest BCUT2D eigenvalue weighted by atomic mass is 79.9. The van der Waals surface area contributed by atoms with Crippen LogP contribution < -0.4 is 11.1 Å². The minimum Gasteiger partial charge on any atom is -0.444 e. The smallest absolute Gasteiger partial charge is 0.254 e. The molecule has 0 saturated heterocycles. The Bertz CT molecular complexity index is 610. The molecule has 1 atom stereocenters. The number of oxazole rings is 1. The van der Waals surface area contributed by atoms with Gasteiger partial charge in [0.25, 0.3) is 5.91 Å². The zero-order valence-electron chi connectivity index (χ0n) is 10.6. The molecule has 0 aliphatic carbocycles. The highest BCUT2D eigenvalue weighted by Crippen LogP contribution is 2.20. The lowest BCUT2D eigenvalue weighted by Gasteiger charge is -2.12. The van der Waals surface area contributed by atoms with Crippen LogP contribution in [-0.2, 0) is 0 Å². The number of aromatic nitrogens is 1. The normalized spacial score (nSPS) is 12.2. The molecular formula is C13H14BrN3O2. The second-order valence-electron chi connectivity index (χ2n) is 4.24. The molecule has 1 aromatic carbocycles. The fraction of sp³-hybridized carbons (Fsp3) is 0.231. The zero-order valence-corrected chi connectivity index (χ0v) is 12.2. The Labute approximate surface area is 119 Å². The van der Waals surface area contributed by atoms with Gasteiger partial charge in [-0.2, -0.15) is 0 Å². The number of anilines is 1. The standard InChI is InChI=1S/C13H14BrN3O2/c1-7-6-16-13(19-7)8(2)17-12(18)10-5-9(14)3-4-11(10)15/h3-6,8H,15H2,1-2H3,(H,17,18). The molecule has 3 N–H and O–H groups in total. The quantitative estimate of drug-likeness (QED) is 0.851. The molecule has 5 nitrogen and oxygen atoms in total. The number of nitrogen functional groups attached to an aromatic ring is 1. The van der Waals surface area contributed by atoms with Crippen molar-refractivity contribution in [1.82, 2.24) is 10.3 Å². The van der Waals surface area contributed by atoms with Crippen LogP contribution in [0.4, 0.5) is 5.69 Å². The number of benzene rings is 1. The summed E-state index contributed by atoms with van der Waals surface area (Å²) >= 11 is 3.31. The topological polar surface area (TPSA) is 81.2 Å². The summed E-state index contributed by atoms with van der Waals surface area (Å²) in [6.07, 6.45) is 1.62. The van der Waals surface area contributed by atoms with Gasteiger partial charge in [-0.1, -0.05) is 15.9 Å². The Morgan fingerprint density at radius 1 is 1.53 bits per heavy atom. The molecule has 1 unspecified atom stereocenters. The fourth-order valence-corrected chi connectivity index (χ4v) is 1.99. The van der Waals surface area contributed by atoms with E-state index in [4.69, 9.17) is 10.2 Å². The number of hydrogen-bond acceptors (Lipinski definition) is 4. The molecule has 1 aromatic heterocycles. The number of carbonyl (C=O) groups excluding carboxylic acids is 1. The van der Waals surface area contributed by atoms with E-state index >= 15 is 0 Å². The fourth-order valence-electron chi connectivity index (χ4n) is 1.63. The summed E-state index contributed by atoms with van der Waals surface area (Å²) in [5.41, 5.74) is 6.64. The molecule has 0 bridgehead atoms. The van der Waals surface area contributed by atoms with Crippen molar-refractivity contribution in [1.29, 1.82) is 0 Å². The molecule has 2 aromatic rings. The molecule has 1 heterocycles. The van der Waals surface area contributed by atoms with Gasteiger partial charge in [0.2, 0.25) is 5.89 Å². The third kappa shape index (κ3) is 3.14. The van der Waals surface area contributed by atoms with Gasteiger partial charge in [-0.15, -0.1) is 0 Å². The van der Waals surface area contributed by atoms with Crippen molar-refractivity contribution in [3.63, 3.8) is 0 Å². The van der Waals surface area contributed by atoms with Crippen molar-refractivity contribution in [3.8, 4) is 0 Å². The number of amides is 1. The number of carbonyl (C=O) groups is 1. The van der Waals surface area contributed by atoms with Crippen LogP contribution >= 0.6 is 15.9 Å². The van der Waals surface area contributed by atoms with E-state index in [1.165, 1.54) is 0 Å². The van der Waals surface area contributed by atoms with Gasteiger partial charge >= 0.3 is 0 Å². The van der Waals surface area contributed by atoms with E-state index < -0.39 is 0 Å². The monoisotopic (exact) mass is 323 g/mol. The SMILES string of the molecule is Cc1cnc(C(C)NC(=O)c2cc(Br)ccc2N)o1. The first-order chi connectivity index (χ1) is 8.97. The lowest BCUT2D eigenvalue weighted by Crippen LogP contribution is -2.27. The number of rotatable bonds is 3. The van der Waals surface area contributed by atoms with Gasteiger partial charge < -0.3 is 15.5 Å². The van der Waals surface area contributed by atoms with Crippen molar-refractivity contribution < 1.29 is 9.21 Å². The van der Waals surface area contributed by atoms with Gasteiger partial charge in [0.15, 0.2) is 0 Å². The molecule has 1 amide bonds. The highest BCUT2D eigenvalue weighted by Gasteiger charge is 2.17. The summed E-state index contributed by atoms with van der Waals surface area (Å²) < 4.78 is 6.17. The Balaban J connectivity index is 2.15. The molecule has 6 heteroatoms. The van der Waals surface area contributed by atoms with Crippen LogP contribution in [0.25, 0.3) is 0 Å². The van der Waals surface area contributed by atoms with Crippen LogP contribution in [0.5, 0.6) is 0 Å². The zero-order chi connectivity index (χ0) is 14.0. The first-order valence-electron chi connectivity index (χ1n) is 5.75. The second-order valence-corrected chi connectivity index (χ2v) is 5.15. The second kappa shape index (κ2) is 5.44. The molecule has 2 rings (SSSR count). The van der Waals surface area contributed by atoms with Crippen molar-refractivity contribution in [2.24, 2.45) is 0 Å². The number of nitrogens with zero attached hydrogens (tertiary/aromatic N) is 1. The van der Waals surface area contributed by atoms with Crippen LogP contribution in [0.2, 0.25) is 0 Å². The van der Waals surface area contributed by atoms with Gasteiger partial charge in [0, 0.05) is 10.2 Å². The van der Waals surface area contributed by atoms with Gasteiger partial charge in [0.1, 0.15) is 11.8 Å². The Hall–Kier alpha value is -1.82. The van der Waals surface area contributed by atoms with E-state index in [0.29, 0.717) is 22.9 Å². The minimum atomic E-state index is -0.320. The van der Waals surface area contributed by atoms with E-state index in [-0.39, 0.29) is 11.9 Å². The third-order valence-electron chi connectivity index (χ3n) is 2.62. The van der Waals surface area contributed by atoms with E-state index in [9.17, 15) is 4.79 Å². The number of nitrogens with one attached hydrogen (secondary N) is 1. The van der Waals surface area contributed by atoms with Crippen LogP contribution in [0, 0.1) is 6.92 Å². The van der Waals surface area contributed by atoms with E-state index in [0.717, 1.165) is 4.47 Å². The summed E-state index contributed by atoms with van der Waals surface area (Å²) in [7, 11) is 0. The van der Waals surface area contributed by atoms with Crippen LogP contribution in [0.1, 0.15) is 35.0 Å². The lowest BCUT2D eigenvalue weighted by atomic mass is 10.1. The predicted octanol–water partition coefficient (Wildman–Crippen LogP) is 2.82. The maximum atomic E-state index is 12.1. The summed E-state index contributed by atoms with van der Waals surface area (Å²) in [5, 5.41) is 2.80. The van der Waals surface area contributed by atoms with Crippen LogP contribution in [-0.4, -0.2) is 10.9 Å². The Morgan fingerprint density at radius 3 is 2.89 bits per heavy atom. The van der Waals surface area contributed by atoms with Crippen molar-refractivity contribution in [3.05, 3.63) is 46.1 Å². The average Bonchev–Trinajstić information content (AvgIpc) is 2.79. The highest BCUT2D eigenvalue weighted by molar-refractivity contribution is 9.10. The van der Waals surface area contributed by atoms with Crippen molar-refractivity contribution >= 4 is 27.5 Å². The molecule has 19 heavy (non-hydrogen) atoms. The maximum absolute atomic E-state index is 12.1. The summed E-state index contributed by atoms with van der Waals surface area (Å²) in [6.45, 7) is 3.61. The Morgan fingerprint density at radius 2 is 2.26 bits per heavy atom. The van der Waals surface area contributed by atoms with Crippen molar-refractivity contribution in [2.45, 2.75) is 19.9 Å². The van der Waals surface area contributed by atoms with E-state index in [1.54, 1.807) is 38.2 Å². The molecule has 0 radical (unpaired) electrons. The maximum Gasteiger partial charge on any atom is 0.254 e. The third-order valence-corrected chi connectivity index (χ3v) is 3.11. The summed E-state index contributed by atoms with van der Waals surface area (Å²) in [6, 6.07) is 4.82. The first kappa shape index (κ1) is 13.6. The molecule has 0 spiro atoms. The lowest BCUT2D eigenvalue weighted by molar-refractivity contribution is 0.0934. The van der Waals surface area contributed by atoms with Crippen LogP contribution in [0.15, 0.2) is 33.3 Å². The van der Waals surface area contributed by atoms with E-state index in [1.807, 2.05) is 0 Å². The number of halogens is 1. The predicted molar refractivity (Wildman–Crippen MR) is 75.7 cm³/mol. The van der Waals surface area contributed by atoms with Gasteiger partial charge in [-0.25, -0.2) is 4.98 Å². The van der Waals surface area contributed by atoms with Gasteiger partial charge in [0.05, 0.1) is 11.8 Å². The van der Waals surface area contributed by atoms with Gasteiger partial charge in [-0.05, 0) is 32.0 Å². The van der Waals surface area contributed by atoms with Crippen LogP contribution in [0.3, 0.4) is 0 Å². The Kier molecular flexibility index (Phi) is 3.90. The summed E-state index contributed by atoms with van der Waals surface area (Å²) in [4.78, 5) is 16.2. The molecule has 0 aliphatic rings. The molecule has 0 aliphatic heterocycles. The van der Waals surface area contributed by atoms with E-state index in [2.05, 4.69) is 26.2 Å². The number of hydrogen-bond donors (Lipinski definition) is 2. The number of aryl methyl sites for hydroxylation is 1. The first-order valence-corrected chi connectivity index (χ1v) is 6.55. The largest absolute Gasteiger partial charge is 0.444 e. The number of nitrogens with two attached hydrogens (primary N) is 1. The average molecular weight is 324 g/mol. The van der Waals surface area contributed by atoms with Crippen molar-refractivity contribution in [2.75, 3.05) is 5.73 Å². The molecule has 0 saturated carbocycles. The molecule has 100 valence electrons.